The van der Waals surface area contributed by atoms with Crippen LogP contribution in [-0.4, -0.2) is 36.2 Å². The van der Waals surface area contributed by atoms with Gasteiger partial charge >= 0.3 is 23.3 Å². The summed E-state index contributed by atoms with van der Waals surface area (Å²) in [6.45, 7) is 0. The van der Waals surface area contributed by atoms with Gasteiger partial charge in [0.2, 0.25) is 24.0 Å². The van der Waals surface area contributed by atoms with E-state index in [0.29, 0.717) is 0 Å². The highest BCUT2D eigenvalue weighted by molar-refractivity contribution is 7.86. The van der Waals surface area contributed by atoms with E-state index in [1.54, 1.807) is 0 Å². The van der Waals surface area contributed by atoms with Crippen LogP contribution >= 0.6 is 0 Å². The second-order valence-corrected chi connectivity index (χ2v) is 4.04. The Morgan fingerprint density at radius 3 is 1.17 bits per heavy atom. The van der Waals surface area contributed by atoms with Crippen molar-refractivity contribution in [1.82, 2.24) is 0 Å². The van der Waals surface area contributed by atoms with Crippen LogP contribution in [0, 0.1) is 0 Å². The fraction of sp³-hybridized carbons (Fsp3) is 1.00. The molecule has 0 aromatic rings. The van der Waals surface area contributed by atoms with Gasteiger partial charge in [-0.1, -0.05) is 0 Å². The first-order chi connectivity index (χ1) is 7.00. The summed E-state index contributed by atoms with van der Waals surface area (Å²) in [5.74, 6) is -14.8. The fourth-order valence-electron chi connectivity index (χ4n) is 0.518. The van der Waals surface area contributed by atoms with Crippen LogP contribution in [0.1, 0.15) is 0 Å². The minimum absolute atomic E-state index is 0. The number of hydrogen-bond acceptors (Lipinski definition) is 3. The molecule has 0 radical (unpaired) electrons. The molecule has 0 aromatic heterocycles. The molecule has 0 aromatic carbocycles. The van der Waals surface area contributed by atoms with Gasteiger partial charge in [-0.25, -0.2) is 8.42 Å². The summed E-state index contributed by atoms with van der Waals surface area (Å²) in [7, 11) is -7.42. The molecule has 0 aliphatic rings. The molecule has 0 heterocycles. The largest absolute Gasteiger partial charge is 0.743 e. The van der Waals surface area contributed by atoms with Crippen molar-refractivity contribution in [2.75, 3.05) is 0 Å². The van der Waals surface area contributed by atoms with Crippen molar-refractivity contribution < 1.29 is 76.5 Å². The smallest absolute Gasteiger partial charge is 0.460 e. The monoisotopic (exact) mass is 428 g/mol. The zero-order valence-corrected chi connectivity index (χ0v) is 10.9. The van der Waals surface area contributed by atoms with E-state index in [0.717, 1.165) is 0 Å². The van der Waals surface area contributed by atoms with E-state index in [4.69, 9.17) is 0 Å². The number of alkyl halides is 9. The highest BCUT2D eigenvalue weighted by Gasteiger charge is 2.83. The van der Waals surface area contributed by atoms with E-state index in [2.05, 4.69) is 0 Å². The molecule has 0 atom stereocenters. The van der Waals surface area contributed by atoms with E-state index in [-0.39, 0.29) is 24.0 Å². The standard InChI is InChI=1S/C4HF9O3S.H2I/c5-1(6,3(9,10)11)2(7,8)4(12,13)17(14,15)16;/h(H,14,15,16);1H2/q;+1/p-1. The Kier molecular flexibility index (Phi) is 5.47. The van der Waals surface area contributed by atoms with Gasteiger partial charge in [-0.15, -0.1) is 0 Å². The lowest BCUT2D eigenvalue weighted by molar-refractivity contribution is -0.382. The lowest BCUT2D eigenvalue weighted by Crippen LogP contribution is -3.00. The van der Waals surface area contributed by atoms with Crippen molar-refractivity contribution in [2.45, 2.75) is 23.3 Å². The molecule has 0 bridgehead atoms. The predicted octanol–water partition coefficient (Wildman–Crippen LogP) is -1.57. The molecule has 0 spiro atoms. The van der Waals surface area contributed by atoms with Gasteiger partial charge in [-0.05, 0) is 0 Å². The number of halogens is 10. The van der Waals surface area contributed by atoms with E-state index in [1.165, 1.54) is 0 Å². The van der Waals surface area contributed by atoms with Crippen LogP contribution in [0.4, 0.5) is 39.5 Å². The molecule has 0 amide bonds. The molecular formula is C4H2F9IO3S. The SMILES string of the molecule is O=S(=O)([O-])C(F)(F)C(F)(F)C(F)(F)C(F)(F)F.[IH2+]. The molecule has 18 heavy (non-hydrogen) atoms. The lowest BCUT2D eigenvalue weighted by Gasteiger charge is -2.34. The Labute approximate surface area is 110 Å². The van der Waals surface area contributed by atoms with Crippen LogP contribution in [0.2, 0.25) is 0 Å². The maximum absolute atomic E-state index is 12.2. The Morgan fingerprint density at radius 2 is 1.00 bits per heavy atom. The maximum atomic E-state index is 12.2. The van der Waals surface area contributed by atoms with Crippen LogP contribution < -0.4 is 24.0 Å². The average molecular weight is 428 g/mol. The van der Waals surface area contributed by atoms with Crippen molar-refractivity contribution in [2.24, 2.45) is 0 Å². The second-order valence-electron chi connectivity index (χ2n) is 2.62. The van der Waals surface area contributed by atoms with Gasteiger partial charge in [0, 0.05) is 0 Å². The molecule has 0 rings (SSSR count). The molecule has 0 N–H and O–H groups in total. The first kappa shape index (κ1) is 20.3. The normalized spacial score (nSPS) is 15.2. The molecule has 0 fully saturated rings. The van der Waals surface area contributed by atoms with E-state index < -0.39 is 33.4 Å². The van der Waals surface area contributed by atoms with Gasteiger partial charge in [-0.3, -0.25) is 0 Å². The molecule has 112 valence electrons. The molecule has 3 nitrogen and oxygen atoms in total. The van der Waals surface area contributed by atoms with Crippen LogP contribution in [-0.2, 0) is 10.1 Å². The molecule has 0 saturated carbocycles. The van der Waals surface area contributed by atoms with Gasteiger partial charge in [0.15, 0.2) is 10.1 Å². The van der Waals surface area contributed by atoms with E-state index >= 15 is 0 Å². The van der Waals surface area contributed by atoms with E-state index in [9.17, 15) is 52.5 Å². The minimum Gasteiger partial charge on any atom is -0.743 e. The number of hydrogen-bond donors (Lipinski definition) is 0. The Bertz CT molecular complexity index is 399. The Morgan fingerprint density at radius 1 is 0.722 bits per heavy atom. The minimum atomic E-state index is -7.43. The molecular weight excluding hydrogens is 426 g/mol. The van der Waals surface area contributed by atoms with Crippen LogP contribution in [0.25, 0.3) is 0 Å². The highest BCUT2D eigenvalue weighted by Crippen LogP contribution is 2.54. The zero-order chi connectivity index (χ0) is 14.5. The quantitative estimate of drug-likeness (QED) is 0.310. The summed E-state index contributed by atoms with van der Waals surface area (Å²) in [5.41, 5.74) is 0. The molecule has 0 aliphatic heterocycles. The Hall–Kier alpha value is 0.01000. The van der Waals surface area contributed by atoms with Crippen LogP contribution in [0.15, 0.2) is 0 Å². The first-order valence-electron chi connectivity index (χ1n) is 3.15. The fourth-order valence-corrected chi connectivity index (χ4v) is 0.960. The van der Waals surface area contributed by atoms with Gasteiger partial charge in [-0.2, -0.15) is 39.5 Å². The summed E-state index contributed by atoms with van der Waals surface area (Å²) in [6.07, 6.45) is -7.16. The summed E-state index contributed by atoms with van der Waals surface area (Å²) in [4.78, 5) is 0. The zero-order valence-electron chi connectivity index (χ0n) is 7.48. The van der Waals surface area contributed by atoms with Gasteiger partial charge in [0.05, 0.1) is 0 Å². The lowest BCUT2D eigenvalue weighted by atomic mass is 10.1. The molecule has 0 aliphatic carbocycles. The van der Waals surface area contributed by atoms with Gasteiger partial charge in [0.1, 0.15) is 0 Å². The third kappa shape index (κ3) is 2.78. The van der Waals surface area contributed by atoms with Crippen molar-refractivity contribution in [3.05, 3.63) is 0 Å². The van der Waals surface area contributed by atoms with Crippen LogP contribution in [0.5, 0.6) is 0 Å². The summed E-state index contributed by atoms with van der Waals surface area (Å²) >= 11 is 0. The highest BCUT2D eigenvalue weighted by atomic mass is 127. The molecule has 0 unspecified atom stereocenters. The topological polar surface area (TPSA) is 57.2 Å². The Balaban J connectivity index is 0. The van der Waals surface area contributed by atoms with Crippen molar-refractivity contribution in [3.63, 3.8) is 0 Å². The summed E-state index contributed by atoms with van der Waals surface area (Å²) in [5, 5.41) is -7.11. The van der Waals surface area contributed by atoms with Gasteiger partial charge < -0.3 is 4.55 Å². The summed E-state index contributed by atoms with van der Waals surface area (Å²) in [6, 6.07) is 0. The van der Waals surface area contributed by atoms with Crippen molar-refractivity contribution >= 4 is 10.1 Å². The maximum Gasteiger partial charge on any atom is 0.460 e. The third-order valence-corrected chi connectivity index (χ3v) is 2.31. The molecule has 0 saturated heterocycles. The first-order valence-corrected chi connectivity index (χ1v) is 4.56. The van der Waals surface area contributed by atoms with E-state index in [1.807, 2.05) is 0 Å². The predicted molar refractivity (Wildman–Crippen MR) is 33.4 cm³/mol. The van der Waals surface area contributed by atoms with Gasteiger partial charge in [0.25, 0.3) is 0 Å². The van der Waals surface area contributed by atoms with Crippen molar-refractivity contribution in [1.29, 1.82) is 0 Å². The van der Waals surface area contributed by atoms with Crippen LogP contribution in [0.3, 0.4) is 0 Å². The average Bonchev–Trinajstić information content (AvgIpc) is 1.98. The molecule has 14 heteroatoms. The second kappa shape index (κ2) is 4.84. The number of rotatable bonds is 3. The third-order valence-electron chi connectivity index (χ3n) is 1.43. The van der Waals surface area contributed by atoms with Crippen molar-refractivity contribution in [3.8, 4) is 0 Å². The summed E-state index contributed by atoms with van der Waals surface area (Å²) < 4.78 is 135.